The molecule has 0 spiro atoms. The topological polar surface area (TPSA) is 17.3 Å². The highest BCUT2D eigenvalue weighted by molar-refractivity contribution is 5.80. The zero-order valence-corrected chi connectivity index (χ0v) is 10.0. The van der Waals surface area contributed by atoms with E-state index in [4.69, 9.17) is 0 Å². The first-order chi connectivity index (χ1) is 8.20. The molecule has 0 atom stereocenters. The average molecular weight is 230 g/mol. The summed E-state index contributed by atoms with van der Waals surface area (Å²) in [6.07, 6.45) is 3.81. The molecular formula is C14H15FN2. The van der Waals surface area contributed by atoms with Gasteiger partial charge in [0.2, 0.25) is 0 Å². The number of nitrogens with zero attached hydrogens (tertiary/aromatic N) is 2. The van der Waals surface area contributed by atoms with E-state index in [2.05, 4.69) is 16.5 Å². The summed E-state index contributed by atoms with van der Waals surface area (Å²) >= 11 is 0. The molecule has 17 heavy (non-hydrogen) atoms. The van der Waals surface area contributed by atoms with Gasteiger partial charge in [0.25, 0.3) is 0 Å². The van der Waals surface area contributed by atoms with Crippen molar-refractivity contribution in [1.82, 2.24) is 4.57 Å². The minimum atomic E-state index is -0.194. The van der Waals surface area contributed by atoms with Gasteiger partial charge in [0.05, 0.1) is 17.6 Å². The van der Waals surface area contributed by atoms with Gasteiger partial charge >= 0.3 is 0 Å². The highest BCUT2D eigenvalue weighted by Gasteiger charge is 1.98. The van der Waals surface area contributed by atoms with E-state index in [0.29, 0.717) is 5.56 Å². The quantitative estimate of drug-likeness (QED) is 0.715. The van der Waals surface area contributed by atoms with Crippen LogP contribution < -0.4 is 0 Å². The third kappa shape index (κ3) is 2.61. The molecule has 0 fully saturated rings. The van der Waals surface area contributed by atoms with Crippen molar-refractivity contribution in [1.29, 1.82) is 0 Å². The molecule has 2 nitrogen and oxygen atoms in total. The Morgan fingerprint density at radius 2 is 2.18 bits per heavy atom. The molecule has 88 valence electrons. The van der Waals surface area contributed by atoms with Crippen molar-refractivity contribution in [2.45, 2.75) is 20.4 Å². The Hall–Kier alpha value is -1.90. The van der Waals surface area contributed by atoms with Crippen LogP contribution in [0.3, 0.4) is 0 Å². The molecule has 0 saturated carbocycles. The van der Waals surface area contributed by atoms with Gasteiger partial charge in [0, 0.05) is 12.7 Å². The third-order valence-corrected chi connectivity index (χ3v) is 2.69. The van der Waals surface area contributed by atoms with Gasteiger partial charge in [-0.2, -0.15) is 0 Å². The van der Waals surface area contributed by atoms with E-state index in [1.165, 1.54) is 6.07 Å². The number of aliphatic imine (C=N–C) groups is 1. The summed E-state index contributed by atoms with van der Waals surface area (Å²) < 4.78 is 15.2. The number of benzene rings is 1. The van der Waals surface area contributed by atoms with E-state index in [-0.39, 0.29) is 5.82 Å². The van der Waals surface area contributed by atoms with E-state index in [1.807, 2.05) is 18.3 Å². The molecule has 0 N–H and O–H groups in total. The van der Waals surface area contributed by atoms with Gasteiger partial charge in [0.15, 0.2) is 0 Å². The van der Waals surface area contributed by atoms with Crippen molar-refractivity contribution in [3.63, 3.8) is 0 Å². The standard InChI is InChI=1S/C14H15FN2/c1-3-17-8-4-5-13(17)10-16-12-6-7-14(15)11(2)9-12/h4-10H,3H2,1-2H3. The number of halogens is 1. The fourth-order valence-corrected chi connectivity index (χ4v) is 1.68. The molecule has 0 amide bonds. The second kappa shape index (κ2) is 4.95. The lowest BCUT2D eigenvalue weighted by Crippen LogP contribution is -1.97. The number of aryl methyl sites for hydroxylation is 2. The lowest BCUT2D eigenvalue weighted by atomic mass is 10.2. The highest BCUT2D eigenvalue weighted by Crippen LogP contribution is 2.16. The number of aromatic nitrogens is 1. The minimum Gasteiger partial charge on any atom is -0.347 e. The lowest BCUT2D eigenvalue weighted by molar-refractivity contribution is 0.618. The predicted octanol–water partition coefficient (Wildman–Crippen LogP) is 3.71. The maximum absolute atomic E-state index is 13.1. The van der Waals surface area contributed by atoms with E-state index in [9.17, 15) is 4.39 Å². The number of hydrogen-bond acceptors (Lipinski definition) is 1. The first-order valence-corrected chi connectivity index (χ1v) is 5.66. The molecule has 2 rings (SSSR count). The SMILES string of the molecule is CCn1cccc1C=Nc1ccc(F)c(C)c1. The fourth-order valence-electron chi connectivity index (χ4n) is 1.68. The van der Waals surface area contributed by atoms with E-state index < -0.39 is 0 Å². The highest BCUT2D eigenvalue weighted by atomic mass is 19.1. The second-order valence-corrected chi connectivity index (χ2v) is 3.91. The van der Waals surface area contributed by atoms with Gasteiger partial charge in [-0.15, -0.1) is 0 Å². The maximum atomic E-state index is 13.1. The Labute approximate surface area is 100 Å². The summed E-state index contributed by atoms with van der Waals surface area (Å²) in [6.45, 7) is 4.74. The molecule has 1 aromatic heterocycles. The van der Waals surface area contributed by atoms with Gasteiger partial charge in [-0.05, 0) is 49.7 Å². The van der Waals surface area contributed by atoms with Crippen LogP contribution in [0.4, 0.5) is 10.1 Å². The van der Waals surface area contributed by atoms with Gasteiger partial charge < -0.3 is 4.57 Å². The summed E-state index contributed by atoms with van der Waals surface area (Å²) in [5, 5.41) is 0. The third-order valence-electron chi connectivity index (χ3n) is 2.69. The second-order valence-electron chi connectivity index (χ2n) is 3.91. The summed E-state index contributed by atoms with van der Waals surface area (Å²) in [5.41, 5.74) is 2.44. The average Bonchev–Trinajstić information content (AvgIpc) is 2.78. The normalized spacial score (nSPS) is 11.2. The summed E-state index contributed by atoms with van der Waals surface area (Å²) in [4.78, 5) is 4.35. The predicted molar refractivity (Wildman–Crippen MR) is 68.5 cm³/mol. The Morgan fingerprint density at radius 3 is 2.88 bits per heavy atom. The van der Waals surface area contributed by atoms with Crippen LogP contribution in [-0.4, -0.2) is 10.8 Å². The van der Waals surface area contributed by atoms with Crippen LogP contribution in [0.25, 0.3) is 0 Å². The Morgan fingerprint density at radius 1 is 1.35 bits per heavy atom. The number of hydrogen-bond donors (Lipinski definition) is 0. The number of rotatable bonds is 3. The zero-order valence-electron chi connectivity index (χ0n) is 10.0. The zero-order chi connectivity index (χ0) is 12.3. The molecule has 0 saturated heterocycles. The van der Waals surface area contributed by atoms with E-state index in [1.54, 1.807) is 25.3 Å². The smallest absolute Gasteiger partial charge is 0.126 e. The van der Waals surface area contributed by atoms with Crippen molar-refractivity contribution in [2.75, 3.05) is 0 Å². The molecule has 2 aromatic rings. The van der Waals surface area contributed by atoms with Crippen LogP contribution >= 0.6 is 0 Å². The van der Waals surface area contributed by atoms with E-state index >= 15 is 0 Å². The lowest BCUT2D eigenvalue weighted by Gasteiger charge is -2.01. The summed E-state index contributed by atoms with van der Waals surface area (Å²) in [6, 6.07) is 8.86. The molecule has 0 bridgehead atoms. The largest absolute Gasteiger partial charge is 0.347 e. The minimum absolute atomic E-state index is 0.194. The molecule has 0 aliphatic rings. The molecule has 1 aromatic carbocycles. The molecule has 1 heterocycles. The van der Waals surface area contributed by atoms with Gasteiger partial charge in [0.1, 0.15) is 5.82 Å². The Kier molecular flexibility index (Phi) is 3.38. The van der Waals surface area contributed by atoms with Crippen LogP contribution in [0, 0.1) is 12.7 Å². The maximum Gasteiger partial charge on any atom is 0.126 e. The molecule has 0 radical (unpaired) electrons. The Bertz CT molecular complexity index is 541. The monoisotopic (exact) mass is 230 g/mol. The van der Waals surface area contributed by atoms with Crippen molar-refractivity contribution in [3.05, 3.63) is 53.6 Å². The van der Waals surface area contributed by atoms with Gasteiger partial charge in [-0.3, -0.25) is 4.99 Å². The molecular weight excluding hydrogens is 215 g/mol. The first kappa shape index (κ1) is 11.6. The molecule has 3 heteroatoms. The van der Waals surface area contributed by atoms with Crippen molar-refractivity contribution >= 4 is 11.9 Å². The van der Waals surface area contributed by atoms with Crippen LogP contribution in [0.5, 0.6) is 0 Å². The van der Waals surface area contributed by atoms with Crippen LogP contribution in [0.2, 0.25) is 0 Å². The molecule has 0 aliphatic heterocycles. The van der Waals surface area contributed by atoms with Crippen molar-refractivity contribution in [2.24, 2.45) is 4.99 Å². The summed E-state index contributed by atoms with van der Waals surface area (Å²) in [5.74, 6) is -0.194. The van der Waals surface area contributed by atoms with Gasteiger partial charge in [-0.1, -0.05) is 0 Å². The fraction of sp³-hybridized carbons (Fsp3) is 0.214. The van der Waals surface area contributed by atoms with Gasteiger partial charge in [-0.25, -0.2) is 4.39 Å². The van der Waals surface area contributed by atoms with Crippen LogP contribution in [-0.2, 0) is 6.54 Å². The molecule has 0 unspecified atom stereocenters. The van der Waals surface area contributed by atoms with Crippen molar-refractivity contribution in [3.8, 4) is 0 Å². The van der Waals surface area contributed by atoms with Crippen molar-refractivity contribution < 1.29 is 4.39 Å². The first-order valence-electron chi connectivity index (χ1n) is 5.66. The van der Waals surface area contributed by atoms with Crippen LogP contribution in [0.15, 0.2) is 41.5 Å². The van der Waals surface area contributed by atoms with E-state index in [0.717, 1.165) is 17.9 Å². The summed E-state index contributed by atoms with van der Waals surface area (Å²) in [7, 11) is 0. The van der Waals surface area contributed by atoms with Crippen LogP contribution in [0.1, 0.15) is 18.2 Å². The molecule has 0 aliphatic carbocycles. The Balaban J connectivity index is 2.23.